The average molecular weight is 271 g/mol. The molecule has 19 heavy (non-hydrogen) atoms. The Balaban J connectivity index is 2.28. The average Bonchev–Trinajstić information content (AvgIpc) is 2.48. The molecule has 3 nitrogen and oxygen atoms in total. The van der Waals surface area contributed by atoms with Crippen LogP contribution in [0.3, 0.4) is 0 Å². The van der Waals surface area contributed by atoms with Crippen LogP contribution in [0.25, 0.3) is 22.0 Å². The monoisotopic (exact) mass is 270 g/mol. The Bertz CT molecular complexity index is 743. The molecule has 0 N–H and O–H groups in total. The molecule has 0 aliphatic heterocycles. The highest BCUT2D eigenvalue weighted by molar-refractivity contribution is 6.34. The molecule has 0 aliphatic carbocycles. The molecule has 2 aromatic carbocycles. The quantitative estimate of drug-likeness (QED) is 0.707. The molecule has 1 aromatic heterocycles. The summed E-state index contributed by atoms with van der Waals surface area (Å²) < 4.78 is 5.24. The second kappa shape index (κ2) is 4.86. The van der Waals surface area contributed by atoms with Crippen molar-refractivity contribution in [2.45, 2.75) is 0 Å². The van der Waals surface area contributed by atoms with E-state index < -0.39 is 0 Å². The van der Waals surface area contributed by atoms with Gasteiger partial charge >= 0.3 is 0 Å². The Morgan fingerprint density at radius 3 is 2.53 bits per heavy atom. The van der Waals surface area contributed by atoms with E-state index in [9.17, 15) is 0 Å². The van der Waals surface area contributed by atoms with Gasteiger partial charge in [0.2, 0.25) is 0 Å². The summed E-state index contributed by atoms with van der Waals surface area (Å²) in [6, 6.07) is 15.6. The van der Waals surface area contributed by atoms with Gasteiger partial charge in [-0.2, -0.15) is 0 Å². The van der Waals surface area contributed by atoms with Crippen molar-refractivity contribution in [3.63, 3.8) is 0 Å². The molecular weight excluding hydrogens is 260 g/mol. The number of nitrogens with zero attached hydrogens (tertiary/aromatic N) is 2. The Labute approximate surface area is 115 Å². The SMILES string of the molecule is COc1cccc(-c2nnc(Cl)c3ccccc23)c1. The van der Waals surface area contributed by atoms with Crippen LogP contribution in [0.1, 0.15) is 0 Å². The van der Waals surface area contributed by atoms with Crippen LogP contribution < -0.4 is 4.74 Å². The molecule has 0 bridgehead atoms. The standard InChI is InChI=1S/C15H11ClN2O/c1-19-11-6-4-5-10(9-11)14-12-7-2-3-8-13(12)15(16)18-17-14/h2-9H,1H3. The molecule has 3 rings (SSSR count). The summed E-state index contributed by atoms with van der Waals surface area (Å²) >= 11 is 6.08. The predicted molar refractivity (Wildman–Crippen MR) is 76.5 cm³/mol. The van der Waals surface area contributed by atoms with E-state index in [1.807, 2.05) is 48.5 Å². The summed E-state index contributed by atoms with van der Waals surface area (Å²) in [7, 11) is 1.64. The van der Waals surface area contributed by atoms with Gasteiger partial charge in [0.05, 0.1) is 7.11 Å². The third-order valence-electron chi connectivity index (χ3n) is 2.99. The minimum absolute atomic E-state index is 0.419. The van der Waals surface area contributed by atoms with Gasteiger partial charge < -0.3 is 4.74 Å². The summed E-state index contributed by atoms with van der Waals surface area (Å²) in [4.78, 5) is 0. The molecule has 3 aromatic rings. The van der Waals surface area contributed by atoms with E-state index in [4.69, 9.17) is 16.3 Å². The second-order valence-corrected chi connectivity index (χ2v) is 4.47. The third-order valence-corrected chi connectivity index (χ3v) is 3.26. The van der Waals surface area contributed by atoms with Crippen molar-refractivity contribution in [1.82, 2.24) is 10.2 Å². The highest BCUT2D eigenvalue weighted by Crippen LogP contribution is 2.30. The molecule has 94 valence electrons. The first kappa shape index (κ1) is 11.9. The lowest BCUT2D eigenvalue weighted by atomic mass is 10.1. The topological polar surface area (TPSA) is 35.0 Å². The van der Waals surface area contributed by atoms with Gasteiger partial charge in [0, 0.05) is 16.3 Å². The number of rotatable bonds is 2. The van der Waals surface area contributed by atoms with Gasteiger partial charge in [-0.15, -0.1) is 10.2 Å². The molecule has 0 fully saturated rings. The first-order valence-corrected chi connectivity index (χ1v) is 6.23. The molecule has 0 saturated carbocycles. The van der Waals surface area contributed by atoms with E-state index in [2.05, 4.69) is 10.2 Å². The van der Waals surface area contributed by atoms with Gasteiger partial charge in [-0.05, 0) is 12.1 Å². The number of hydrogen-bond acceptors (Lipinski definition) is 3. The highest BCUT2D eigenvalue weighted by Gasteiger charge is 2.09. The van der Waals surface area contributed by atoms with Crippen LogP contribution in [0.5, 0.6) is 5.75 Å². The molecule has 0 unspecified atom stereocenters. The van der Waals surface area contributed by atoms with Gasteiger partial charge in [0.15, 0.2) is 5.15 Å². The summed E-state index contributed by atoms with van der Waals surface area (Å²) in [5.41, 5.74) is 1.76. The molecule has 0 aliphatic rings. The number of aromatic nitrogens is 2. The summed E-state index contributed by atoms with van der Waals surface area (Å²) in [5.74, 6) is 0.790. The predicted octanol–water partition coefficient (Wildman–Crippen LogP) is 3.96. The van der Waals surface area contributed by atoms with E-state index in [0.717, 1.165) is 27.8 Å². The number of hydrogen-bond donors (Lipinski definition) is 0. The molecule has 0 atom stereocenters. The van der Waals surface area contributed by atoms with Crippen LogP contribution in [0.2, 0.25) is 5.15 Å². The van der Waals surface area contributed by atoms with Crippen molar-refractivity contribution in [1.29, 1.82) is 0 Å². The van der Waals surface area contributed by atoms with E-state index in [-0.39, 0.29) is 0 Å². The van der Waals surface area contributed by atoms with Crippen molar-refractivity contribution in [2.75, 3.05) is 7.11 Å². The van der Waals surface area contributed by atoms with Gasteiger partial charge in [-0.3, -0.25) is 0 Å². The van der Waals surface area contributed by atoms with E-state index >= 15 is 0 Å². The minimum Gasteiger partial charge on any atom is -0.497 e. The molecule has 0 radical (unpaired) electrons. The maximum Gasteiger partial charge on any atom is 0.159 e. The lowest BCUT2D eigenvalue weighted by Gasteiger charge is -2.07. The Kier molecular flexibility index (Phi) is 3.05. The summed E-state index contributed by atoms with van der Waals surface area (Å²) in [5, 5.41) is 10.5. The Hall–Kier alpha value is -2.13. The summed E-state index contributed by atoms with van der Waals surface area (Å²) in [6.45, 7) is 0. The van der Waals surface area contributed by atoms with Crippen LogP contribution in [0.15, 0.2) is 48.5 Å². The smallest absolute Gasteiger partial charge is 0.159 e. The largest absolute Gasteiger partial charge is 0.497 e. The van der Waals surface area contributed by atoms with E-state index in [0.29, 0.717) is 5.15 Å². The lowest BCUT2D eigenvalue weighted by Crippen LogP contribution is -1.92. The van der Waals surface area contributed by atoms with Crippen molar-refractivity contribution in [3.05, 3.63) is 53.7 Å². The Morgan fingerprint density at radius 1 is 0.947 bits per heavy atom. The van der Waals surface area contributed by atoms with Gasteiger partial charge in [-0.1, -0.05) is 48.0 Å². The van der Waals surface area contributed by atoms with Gasteiger partial charge in [-0.25, -0.2) is 0 Å². The molecule has 0 saturated heterocycles. The van der Waals surface area contributed by atoms with Crippen molar-refractivity contribution < 1.29 is 4.74 Å². The third kappa shape index (κ3) is 2.13. The molecule has 1 heterocycles. The normalized spacial score (nSPS) is 10.6. The fourth-order valence-corrected chi connectivity index (χ4v) is 2.26. The number of benzene rings is 2. The summed E-state index contributed by atoms with van der Waals surface area (Å²) in [6.07, 6.45) is 0. The fourth-order valence-electron chi connectivity index (χ4n) is 2.05. The zero-order chi connectivity index (χ0) is 13.2. The maximum absolute atomic E-state index is 6.08. The zero-order valence-electron chi connectivity index (χ0n) is 10.3. The first-order chi connectivity index (χ1) is 9.29. The van der Waals surface area contributed by atoms with Crippen LogP contribution >= 0.6 is 11.6 Å². The van der Waals surface area contributed by atoms with E-state index in [1.54, 1.807) is 7.11 Å². The molecule has 0 spiro atoms. The zero-order valence-corrected chi connectivity index (χ0v) is 11.1. The fraction of sp³-hybridized carbons (Fsp3) is 0.0667. The van der Waals surface area contributed by atoms with E-state index in [1.165, 1.54) is 0 Å². The van der Waals surface area contributed by atoms with Crippen molar-refractivity contribution in [3.8, 4) is 17.0 Å². The van der Waals surface area contributed by atoms with Crippen LogP contribution in [-0.4, -0.2) is 17.3 Å². The highest BCUT2D eigenvalue weighted by atomic mass is 35.5. The first-order valence-electron chi connectivity index (χ1n) is 5.85. The number of ether oxygens (including phenoxy) is 1. The number of methoxy groups -OCH3 is 1. The minimum atomic E-state index is 0.419. The Morgan fingerprint density at radius 2 is 1.74 bits per heavy atom. The lowest BCUT2D eigenvalue weighted by molar-refractivity contribution is 0.415. The van der Waals surface area contributed by atoms with Crippen LogP contribution in [0.4, 0.5) is 0 Å². The maximum atomic E-state index is 6.08. The van der Waals surface area contributed by atoms with Crippen LogP contribution in [0, 0.1) is 0 Å². The van der Waals surface area contributed by atoms with Gasteiger partial charge in [0.25, 0.3) is 0 Å². The molecule has 4 heteroatoms. The molecule has 0 amide bonds. The number of fused-ring (bicyclic) bond motifs is 1. The van der Waals surface area contributed by atoms with Crippen molar-refractivity contribution in [2.24, 2.45) is 0 Å². The van der Waals surface area contributed by atoms with Crippen LogP contribution in [-0.2, 0) is 0 Å². The van der Waals surface area contributed by atoms with Crippen molar-refractivity contribution >= 4 is 22.4 Å². The molecular formula is C15H11ClN2O. The van der Waals surface area contributed by atoms with Gasteiger partial charge in [0.1, 0.15) is 11.4 Å². The number of halogens is 1. The second-order valence-electron chi connectivity index (χ2n) is 4.12.